The van der Waals surface area contributed by atoms with E-state index < -0.39 is 0 Å². The van der Waals surface area contributed by atoms with Crippen molar-refractivity contribution in [1.82, 2.24) is 0 Å². The van der Waals surface area contributed by atoms with Crippen molar-refractivity contribution < 1.29 is 0 Å². The van der Waals surface area contributed by atoms with E-state index in [0.717, 1.165) is 30.5 Å². The van der Waals surface area contributed by atoms with Gasteiger partial charge in [-0.15, -0.1) is 0 Å². The highest BCUT2D eigenvalue weighted by Crippen LogP contribution is 2.37. The number of benzene rings is 1. The summed E-state index contributed by atoms with van der Waals surface area (Å²) in [6, 6.07) is 6.12. The van der Waals surface area contributed by atoms with Crippen LogP contribution in [0.25, 0.3) is 0 Å². The predicted molar refractivity (Wildman–Crippen MR) is 79.9 cm³/mol. The van der Waals surface area contributed by atoms with Crippen molar-refractivity contribution in [3.63, 3.8) is 0 Å². The second-order valence-corrected chi connectivity index (χ2v) is 6.18. The monoisotopic (exact) mass is 257 g/mol. The van der Waals surface area contributed by atoms with Gasteiger partial charge in [0.15, 0.2) is 0 Å². The highest BCUT2D eigenvalue weighted by Gasteiger charge is 2.30. The Balaban J connectivity index is 1.92. The molecule has 0 saturated heterocycles. The van der Waals surface area contributed by atoms with Crippen molar-refractivity contribution in [1.29, 1.82) is 5.41 Å². The molecule has 102 valence electrons. The van der Waals surface area contributed by atoms with E-state index in [0.29, 0.717) is 0 Å². The van der Waals surface area contributed by atoms with Crippen molar-refractivity contribution in [3.8, 4) is 0 Å². The van der Waals surface area contributed by atoms with E-state index in [1.807, 2.05) is 12.1 Å². The molecule has 2 saturated carbocycles. The van der Waals surface area contributed by atoms with Crippen LogP contribution in [0, 0.1) is 24.2 Å². The van der Waals surface area contributed by atoms with E-state index in [2.05, 4.69) is 17.9 Å². The third-order valence-electron chi connectivity index (χ3n) is 4.20. The second-order valence-electron chi connectivity index (χ2n) is 6.18. The Kier molecular flexibility index (Phi) is 3.21. The molecule has 3 nitrogen and oxygen atoms in total. The number of para-hydroxylation sites is 1. The molecular formula is C16H23N3. The third kappa shape index (κ3) is 2.91. The highest BCUT2D eigenvalue weighted by atomic mass is 15.1. The summed E-state index contributed by atoms with van der Waals surface area (Å²) in [6.45, 7) is 4.41. The smallest absolute Gasteiger partial charge is 0.124 e. The standard InChI is InChI=1S/C16H23N3/c1-11-3-2-4-14(16(17)18)15(11)19(9-12-5-6-12)10-13-7-8-13/h2-4,12-13H,5-10H2,1H3,(H3,17,18). The molecule has 19 heavy (non-hydrogen) atoms. The lowest BCUT2D eigenvalue weighted by Crippen LogP contribution is -2.31. The largest absolute Gasteiger partial charge is 0.384 e. The van der Waals surface area contributed by atoms with Crippen LogP contribution in [0.3, 0.4) is 0 Å². The quantitative estimate of drug-likeness (QED) is 0.608. The van der Waals surface area contributed by atoms with Gasteiger partial charge in [0.25, 0.3) is 0 Å². The molecule has 2 aliphatic rings. The molecule has 0 aliphatic heterocycles. The van der Waals surface area contributed by atoms with Gasteiger partial charge in [-0.2, -0.15) is 0 Å². The first-order chi connectivity index (χ1) is 9.15. The average molecular weight is 257 g/mol. The van der Waals surface area contributed by atoms with Crippen molar-refractivity contribution in [3.05, 3.63) is 29.3 Å². The molecule has 1 aromatic rings. The zero-order chi connectivity index (χ0) is 13.4. The van der Waals surface area contributed by atoms with Crippen LogP contribution in [0.1, 0.15) is 36.8 Å². The van der Waals surface area contributed by atoms with Crippen LogP contribution in [-0.2, 0) is 0 Å². The fourth-order valence-corrected chi connectivity index (χ4v) is 2.78. The van der Waals surface area contributed by atoms with Crippen LogP contribution in [-0.4, -0.2) is 18.9 Å². The molecule has 0 radical (unpaired) electrons. The van der Waals surface area contributed by atoms with Crippen LogP contribution >= 0.6 is 0 Å². The maximum Gasteiger partial charge on any atom is 0.124 e. The lowest BCUT2D eigenvalue weighted by Gasteiger charge is -2.29. The first-order valence-corrected chi connectivity index (χ1v) is 7.34. The number of rotatable bonds is 6. The summed E-state index contributed by atoms with van der Waals surface area (Å²) >= 11 is 0. The van der Waals surface area contributed by atoms with E-state index in [9.17, 15) is 0 Å². The van der Waals surface area contributed by atoms with Gasteiger partial charge < -0.3 is 10.6 Å². The SMILES string of the molecule is Cc1cccc(C(=N)N)c1N(CC1CC1)CC1CC1. The van der Waals surface area contributed by atoms with Crippen LogP contribution in [0.2, 0.25) is 0 Å². The van der Waals surface area contributed by atoms with E-state index in [4.69, 9.17) is 11.1 Å². The number of nitrogen functional groups attached to an aromatic ring is 1. The lowest BCUT2D eigenvalue weighted by atomic mass is 10.0. The molecule has 1 aromatic carbocycles. The summed E-state index contributed by atoms with van der Waals surface area (Å²) < 4.78 is 0. The maximum atomic E-state index is 7.81. The summed E-state index contributed by atoms with van der Waals surface area (Å²) in [7, 11) is 0. The van der Waals surface area contributed by atoms with Gasteiger partial charge >= 0.3 is 0 Å². The van der Waals surface area contributed by atoms with Crippen LogP contribution < -0.4 is 10.6 Å². The zero-order valence-electron chi connectivity index (χ0n) is 11.7. The Morgan fingerprint density at radius 1 is 1.21 bits per heavy atom. The molecule has 3 rings (SSSR count). The van der Waals surface area contributed by atoms with E-state index in [1.54, 1.807) is 0 Å². The minimum absolute atomic E-state index is 0.190. The molecule has 0 spiro atoms. The van der Waals surface area contributed by atoms with E-state index in [1.165, 1.54) is 36.9 Å². The molecule has 2 aliphatic carbocycles. The topological polar surface area (TPSA) is 53.1 Å². The van der Waals surface area contributed by atoms with Gasteiger partial charge in [-0.05, 0) is 56.1 Å². The van der Waals surface area contributed by atoms with Crippen molar-refractivity contribution in [2.75, 3.05) is 18.0 Å². The van der Waals surface area contributed by atoms with Crippen LogP contribution in [0.15, 0.2) is 18.2 Å². The third-order valence-corrected chi connectivity index (χ3v) is 4.20. The Morgan fingerprint density at radius 3 is 2.26 bits per heavy atom. The number of nitrogens with one attached hydrogen (secondary N) is 1. The fraction of sp³-hybridized carbons (Fsp3) is 0.562. The first kappa shape index (κ1) is 12.5. The molecule has 0 amide bonds. The average Bonchev–Trinajstić information content (AvgIpc) is 3.23. The van der Waals surface area contributed by atoms with Crippen molar-refractivity contribution >= 4 is 11.5 Å². The van der Waals surface area contributed by atoms with Crippen LogP contribution in [0.4, 0.5) is 5.69 Å². The number of nitrogens with two attached hydrogens (primary N) is 1. The zero-order valence-corrected chi connectivity index (χ0v) is 11.7. The van der Waals surface area contributed by atoms with Gasteiger partial charge in [-0.25, -0.2) is 0 Å². The summed E-state index contributed by atoms with van der Waals surface area (Å²) in [6.07, 6.45) is 5.45. The fourth-order valence-electron chi connectivity index (χ4n) is 2.78. The Morgan fingerprint density at radius 2 is 1.79 bits per heavy atom. The first-order valence-electron chi connectivity index (χ1n) is 7.34. The molecule has 0 atom stereocenters. The van der Waals surface area contributed by atoms with Gasteiger partial charge in [0, 0.05) is 18.7 Å². The van der Waals surface area contributed by atoms with Gasteiger partial charge in [-0.3, -0.25) is 5.41 Å². The highest BCUT2D eigenvalue weighted by molar-refractivity contribution is 6.01. The normalized spacial score (nSPS) is 18.4. The van der Waals surface area contributed by atoms with Crippen LogP contribution in [0.5, 0.6) is 0 Å². The summed E-state index contributed by atoms with van der Waals surface area (Å²) in [4.78, 5) is 2.50. The number of nitrogens with zero attached hydrogens (tertiary/aromatic N) is 1. The number of anilines is 1. The van der Waals surface area contributed by atoms with Gasteiger partial charge in [0.2, 0.25) is 0 Å². The van der Waals surface area contributed by atoms with E-state index >= 15 is 0 Å². The Labute approximate surface area is 115 Å². The molecule has 2 fully saturated rings. The van der Waals surface area contributed by atoms with Crippen molar-refractivity contribution in [2.24, 2.45) is 17.6 Å². The molecular weight excluding hydrogens is 234 g/mol. The number of hydrogen-bond acceptors (Lipinski definition) is 2. The molecule has 3 heteroatoms. The maximum absolute atomic E-state index is 7.81. The molecule has 0 unspecified atom stereocenters. The molecule has 0 heterocycles. The number of hydrogen-bond donors (Lipinski definition) is 2. The molecule has 0 bridgehead atoms. The van der Waals surface area contributed by atoms with Crippen molar-refractivity contribution in [2.45, 2.75) is 32.6 Å². The van der Waals surface area contributed by atoms with Gasteiger partial charge in [0.05, 0.1) is 5.69 Å². The second kappa shape index (κ2) is 4.87. The lowest BCUT2D eigenvalue weighted by molar-refractivity contribution is 0.677. The molecule has 3 N–H and O–H groups in total. The predicted octanol–water partition coefficient (Wildman–Crippen LogP) is 2.91. The van der Waals surface area contributed by atoms with Gasteiger partial charge in [0.1, 0.15) is 5.84 Å². The summed E-state index contributed by atoms with van der Waals surface area (Å²) in [5, 5.41) is 7.81. The Hall–Kier alpha value is -1.51. The summed E-state index contributed by atoms with van der Waals surface area (Å²) in [5.74, 6) is 1.91. The van der Waals surface area contributed by atoms with Gasteiger partial charge in [-0.1, -0.05) is 12.1 Å². The minimum Gasteiger partial charge on any atom is -0.384 e. The minimum atomic E-state index is 0.190. The summed E-state index contributed by atoms with van der Waals surface area (Å²) in [5.41, 5.74) is 9.12. The van der Waals surface area contributed by atoms with E-state index in [-0.39, 0.29) is 5.84 Å². The number of amidine groups is 1. The Bertz CT molecular complexity index is 473. The number of aryl methyl sites for hydroxylation is 1. The molecule has 0 aromatic heterocycles.